The molecule has 1 aliphatic heterocycles. The van der Waals surface area contributed by atoms with Gasteiger partial charge in [-0.05, 0) is 33.7 Å². The molecule has 0 radical (unpaired) electrons. The minimum absolute atomic E-state index is 0.0718. The van der Waals surface area contributed by atoms with Crippen LogP contribution in [0.1, 0.15) is 27.2 Å². The lowest BCUT2D eigenvalue weighted by Crippen LogP contribution is -2.48. The van der Waals surface area contributed by atoms with Crippen LogP contribution in [0.5, 0.6) is 0 Å². The average molecular weight is 188 g/mol. The fourth-order valence-electron chi connectivity index (χ4n) is 1.40. The summed E-state index contributed by atoms with van der Waals surface area (Å²) in [4.78, 5) is 11.3. The van der Waals surface area contributed by atoms with E-state index in [4.69, 9.17) is 0 Å². The van der Waals surface area contributed by atoms with Crippen LogP contribution in [-0.2, 0) is 4.79 Å². The van der Waals surface area contributed by atoms with Crippen LogP contribution in [0, 0.1) is 0 Å². The van der Waals surface area contributed by atoms with Gasteiger partial charge in [0.2, 0.25) is 0 Å². The Labute approximate surface area is 78.1 Å². The molecule has 1 aliphatic rings. The highest BCUT2D eigenvalue weighted by Gasteiger charge is 2.31. The van der Waals surface area contributed by atoms with Crippen molar-refractivity contribution in [3.63, 3.8) is 0 Å². The van der Waals surface area contributed by atoms with Crippen molar-refractivity contribution in [2.24, 2.45) is 0 Å². The quantitative estimate of drug-likeness (QED) is 0.666. The highest BCUT2D eigenvalue weighted by atomic mass is 19.1. The number of carbonyl (C=O) groups excluding carboxylic acids is 1. The van der Waals surface area contributed by atoms with E-state index >= 15 is 0 Å². The minimum atomic E-state index is -1.78. The SMILES string of the molecule is CC1NCCC1NC(=O)C(C)(C)F. The Balaban J connectivity index is 2.45. The fraction of sp³-hybridized carbons (Fsp3) is 0.889. The van der Waals surface area contributed by atoms with Gasteiger partial charge in [0.1, 0.15) is 0 Å². The molecule has 4 heteroatoms. The standard InChI is InChI=1S/C9H17FN2O/c1-6-7(4-5-11-6)12-8(13)9(2,3)10/h6-7,11H,4-5H2,1-3H3,(H,12,13). The van der Waals surface area contributed by atoms with Crippen molar-refractivity contribution >= 4 is 5.91 Å². The summed E-state index contributed by atoms with van der Waals surface area (Å²) in [5, 5.41) is 5.88. The van der Waals surface area contributed by atoms with Crippen LogP contribution in [0.15, 0.2) is 0 Å². The molecule has 13 heavy (non-hydrogen) atoms. The van der Waals surface area contributed by atoms with E-state index < -0.39 is 11.6 Å². The first-order chi connectivity index (χ1) is 5.91. The Bertz CT molecular complexity index is 200. The lowest BCUT2D eigenvalue weighted by molar-refractivity contribution is -0.131. The van der Waals surface area contributed by atoms with E-state index in [-0.39, 0.29) is 12.1 Å². The number of carbonyl (C=O) groups is 1. The van der Waals surface area contributed by atoms with Crippen LogP contribution >= 0.6 is 0 Å². The molecule has 3 nitrogen and oxygen atoms in total. The topological polar surface area (TPSA) is 41.1 Å². The number of hydrogen-bond acceptors (Lipinski definition) is 2. The predicted molar refractivity (Wildman–Crippen MR) is 49.2 cm³/mol. The number of hydrogen-bond donors (Lipinski definition) is 2. The Kier molecular flexibility index (Phi) is 2.91. The van der Waals surface area contributed by atoms with Crippen LogP contribution < -0.4 is 10.6 Å². The van der Waals surface area contributed by atoms with Gasteiger partial charge in [-0.25, -0.2) is 4.39 Å². The number of nitrogens with one attached hydrogen (secondary N) is 2. The molecule has 1 fully saturated rings. The van der Waals surface area contributed by atoms with Gasteiger partial charge in [-0.3, -0.25) is 4.79 Å². The zero-order valence-electron chi connectivity index (χ0n) is 8.36. The van der Waals surface area contributed by atoms with Crippen molar-refractivity contribution in [2.45, 2.75) is 44.9 Å². The first-order valence-corrected chi connectivity index (χ1v) is 4.64. The molecule has 0 aromatic heterocycles. The summed E-state index contributed by atoms with van der Waals surface area (Å²) in [5.74, 6) is -0.520. The van der Waals surface area contributed by atoms with Gasteiger partial charge in [0.05, 0.1) is 0 Å². The number of alkyl halides is 1. The van der Waals surface area contributed by atoms with Crippen molar-refractivity contribution in [3.05, 3.63) is 0 Å². The third-order valence-corrected chi connectivity index (χ3v) is 2.38. The summed E-state index contributed by atoms with van der Waals surface area (Å²) < 4.78 is 13.1. The summed E-state index contributed by atoms with van der Waals surface area (Å²) in [6.45, 7) is 5.42. The second-order valence-corrected chi connectivity index (χ2v) is 4.08. The van der Waals surface area contributed by atoms with E-state index in [0.717, 1.165) is 13.0 Å². The average Bonchev–Trinajstić information content (AvgIpc) is 2.34. The fourth-order valence-corrected chi connectivity index (χ4v) is 1.40. The van der Waals surface area contributed by atoms with Crippen molar-refractivity contribution in [3.8, 4) is 0 Å². The molecular weight excluding hydrogens is 171 g/mol. The molecule has 76 valence electrons. The van der Waals surface area contributed by atoms with Gasteiger partial charge < -0.3 is 10.6 Å². The highest BCUT2D eigenvalue weighted by Crippen LogP contribution is 2.11. The summed E-state index contributed by atoms with van der Waals surface area (Å²) in [5.41, 5.74) is -1.78. The Hall–Kier alpha value is -0.640. The molecule has 2 unspecified atom stereocenters. The molecule has 0 saturated carbocycles. The zero-order valence-corrected chi connectivity index (χ0v) is 8.36. The van der Waals surface area contributed by atoms with Crippen molar-refractivity contribution in [1.82, 2.24) is 10.6 Å². The lowest BCUT2D eigenvalue weighted by atomic mass is 10.1. The van der Waals surface area contributed by atoms with E-state index in [2.05, 4.69) is 10.6 Å². The minimum Gasteiger partial charge on any atom is -0.349 e. The van der Waals surface area contributed by atoms with Gasteiger partial charge in [0.15, 0.2) is 5.67 Å². The maximum atomic E-state index is 13.1. The van der Waals surface area contributed by atoms with E-state index in [0.29, 0.717) is 0 Å². The first-order valence-electron chi connectivity index (χ1n) is 4.64. The van der Waals surface area contributed by atoms with Crippen molar-refractivity contribution < 1.29 is 9.18 Å². The van der Waals surface area contributed by atoms with Crippen LogP contribution in [0.25, 0.3) is 0 Å². The molecule has 0 aliphatic carbocycles. The van der Waals surface area contributed by atoms with E-state index in [1.165, 1.54) is 13.8 Å². The van der Waals surface area contributed by atoms with Gasteiger partial charge in [-0.1, -0.05) is 0 Å². The monoisotopic (exact) mass is 188 g/mol. The Morgan fingerprint density at radius 1 is 1.62 bits per heavy atom. The van der Waals surface area contributed by atoms with Gasteiger partial charge >= 0.3 is 0 Å². The van der Waals surface area contributed by atoms with E-state index in [9.17, 15) is 9.18 Å². The predicted octanol–water partition coefficient (Wildman–Crippen LogP) is 0.601. The third kappa shape index (κ3) is 2.66. The Morgan fingerprint density at radius 3 is 2.62 bits per heavy atom. The van der Waals surface area contributed by atoms with Gasteiger partial charge in [-0.2, -0.15) is 0 Å². The molecular formula is C9H17FN2O. The van der Waals surface area contributed by atoms with E-state index in [1.807, 2.05) is 6.92 Å². The maximum Gasteiger partial charge on any atom is 0.257 e. The highest BCUT2D eigenvalue weighted by molar-refractivity contribution is 5.84. The number of amides is 1. The molecule has 2 atom stereocenters. The first kappa shape index (κ1) is 10.4. The number of halogens is 1. The Morgan fingerprint density at radius 2 is 2.23 bits per heavy atom. The van der Waals surface area contributed by atoms with Crippen LogP contribution in [0.2, 0.25) is 0 Å². The van der Waals surface area contributed by atoms with Crippen molar-refractivity contribution in [2.75, 3.05) is 6.54 Å². The molecule has 0 spiro atoms. The summed E-state index contributed by atoms with van der Waals surface area (Å²) >= 11 is 0. The van der Waals surface area contributed by atoms with Crippen LogP contribution in [0.4, 0.5) is 4.39 Å². The molecule has 1 heterocycles. The van der Waals surface area contributed by atoms with Gasteiger partial charge in [0.25, 0.3) is 5.91 Å². The summed E-state index contributed by atoms with van der Waals surface area (Å²) in [6.07, 6.45) is 0.878. The van der Waals surface area contributed by atoms with Crippen LogP contribution in [0.3, 0.4) is 0 Å². The van der Waals surface area contributed by atoms with Gasteiger partial charge in [0, 0.05) is 12.1 Å². The van der Waals surface area contributed by atoms with Crippen LogP contribution in [-0.4, -0.2) is 30.2 Å². The summed E-state index contributed by atoms with van der Waals surface area (Å²) in [7, 11) is 0. The molecule has 1 rings (SSSR count). The molecule has 1 saturated heterocycles. The molecule has 0 aromatic carbocycles. The smallest absolute Gasteiger partial charge is 0.257 e. The van der Waals surface area contributed by atoms with Crippen molar-refractivity contribution in [1.29, 1.82) is 0 Å². The van der Waals surface area contributed by atoms with Gasteiger partial charge in [-0.15, -0.1) is 0 Å². The van der Waals surface area contributed by atoms with E-state index in [1.54, 1.807) is 0 Å². The summed E-state index contributed by atoms with van der Waals surface area (Å²) in [6, 6.07) is 0.314. The zero-order chi connectivity index (χ0) is 10.1. The normalized spacial score (nSPS) is 28.9. The molecule has 0 bridgehead atoms. The largest absolute Gasteiger partial charge is 0.349 e. The molecule has 2 N–H and O–H groups in total. The second-order valence-electron chi connectivity index (χ2n) is 4.08. The molecule has 1 amide bonds. The second kappa shape index (κ2) is 3.62. The lowest BCUT2D eigenvalue weighted by Gasteiger charge is -2.21. The maximum absolute atomic E-state index is 13.1. The number of rotatable bonds is 2. The molecule has 0 aromatic rings. The third-order valence-electron chi connectivity index (χ3n) is 2.38.